The number of benzene rings is 1. The van der Waals surface area contributed by atoms with Crippen LogP contribution in [0.15, 0.2) is 28.2 Å². The summed E-state index contributed by atoms with van der Waals surface area (Å²) in [5.74, 6) is 0.395. The Labute approximate surface area is 129 Å². The van der Waals surface area contributed by atoms with Gasteiger partial charge in [-0.2, -0.15) is 4.99 Å². The topological polar surface area (TPSA) is 88.8 Å². The molecule has 0 saturated heterocycles. The molecule has 0 unspecified atom stereocenters. The molecule has 0 saturated carbocycles. The smallest absolute Gasteiger partial charge is 0.221 e. The van der Waals surface area contributed by atoms with Gasteiger partial charge in [-0.15, -0.1) is 0 Å². The van der Waals surface area contributed by atoms with Gasteiger partial charge in [-0.3, -0.25) is 0 Å². The average Bonchev–Trinajstić information content (AvgIpc) is 2.39. The van der Waals surface area contributed by atoms with E-state index >= 15 is 0 Å². The first-order chi connectivity index (χ1) is 9.52. The van der Waals surface area contributed by atoms with Crippen molar-refractivity contribution in [2.75, 3.05) is 6.54 Å². The molecule has 0 aliphatic heterocycles. The van der Waals surface area contributed by atoms with Crippen molar-refractivity contribution in [2.24, 2.45) is 21.5 Å². The first-order valence-electron chi connectivity index (χ1n) is 6.34. The number of hydrogen-bond acceptors (Lipinski definition) is 1. The summed E-state index contributed by atoms with van der Waals surface area (Å²) < 4.78 is 0. The molecule has 0 aliphatic rings. The van der Waals surface area contributed by atoms with Crippen molar-refractivity contribution in [1.82, 2.24) is 5.32 Å². The van der Waals surface area contributed by atoms with Crippen molar-refractivity contribution in [2.45, 2.75) is 26.3 Å². The highest BCUT2D eigenvalue weighted by atomic mass is 35.5. The maximum atomic E-state index is 5.95. The maximum Gasteiger partial charge on any atom is 0.221 e. The second-order valence-electron chi connectivity index (χ2n) is 4.21. The second-order valence-corrected chi connectivity index (χ2v) is 5.02. The molecule has 0 aliphatic carbocycles. The molecule has 1 aromatic carbocycles. The number of nitrogens with one attached hydrogen (secondary N) is 1. The van der Waals surface area contributed by atoms with Crippen LogP contribution in [0.1, 0.15) is 25.3 Å². The van der Waals surface area contributed by atoms with Gasteiger partial charge in [-0.05, 0) is 24.1 Å². The zero-order valence-corrected chi connectivity index (χ0v) is 12.9. The van der Waals surface area contributed by atoms with E-state index in [-0.39, 0.29) is 5.96 Å². The van der Waals surface area contributed by atoms with Crippen molar-refractivity contribution in [3.63, 3.8) is 0 Å². The van der Waals surface area contributed by atoms with Gasteiger partial charge in [0.1, 0.15) is 0 Å². The normalized spacial score (nSPS) is 11.2. The molecule has 5 nitrogen and oxygen atoms in total. The first kappa shape index (κ1) is 16.6. The fourth-order valence-electron chi connectivity index (χ4n) is 1.43. The Morgan fingerprint density at radius 2 is 2.00 bits per heavy atom. The third kappa shape index (κ3) is 6.12. The largest absolute Gasteiger partial charge is 0.370 e. The van der Waals surface area contributed by atoms with E-state index in [2.05, 4.69) is 22.2 Å². The SMILES string of the molecule is CCCCNC(N=C(N)N)=NCc1ccc(Cl)c(Cl)c1. The van der Waals surface area contributed by atoms with Gasteiger partial charge in [0.05, 0.1) is 16.6 Å². The molecule has 7 heteroatoms. The number of rotatable bonds is 5. The highest BCUT2D eigenvalue weighted by Gasteiger charge is 2.01. The summed E-state index contributed by atoms with van der Waals surface area (Å²) in [6, 6.07) is 5.36. The van der Waals surface area contributed by atoms with Crippen molar-refractivity contribution < 1.29 is 0 Å². The summed E-state index contributed by atoms with van der Waals surface area (Å²) >= 11 is 11.8. The van der Waals surface area contributed by atoms with Crippen LogP contribution in [-0.4, -0.2) is 18.5 Å². The first-order valence-corrected chi connectivity index (χ1v) is 7.10. The van der Waals surface area contributed by atoms with Gasteiger partial charge in [0, 0.05) is 6.54 Å². The third-order valence-electron chi connectivity index (χ3n) is 2.44. The molecule has 1 aromatic rings. The van der Waals surface area contributed by atoms with E-state index in [4.69, 9.17) is 34.7 Å². The molecule has 0 aromatic heterocycles. The fourth-order valence-corrected chi connectivity index (χ4v) is 1.75. The number of nitrogens with two attached hydrogens (primary N) is 2. The van der Waals surface area contributed by atoms with Gasteiger partial charge in [0.15, 0.2) is 5.96 Å². The standard InChI is InChI=1S/C13H19Cl2N5/c1-2-3-6-18-13(20-12(16)17)19-8-9-4-5-10(14)11(15)7-9/h4-5,7H,2-3,6,8H2,1H3,(H5,16,17,18,19,20). The van der Waals surface area contributed by atoms with Crippen LogP contribution in [0, 0.1) is 0 Å². The number of unbranched alkanes of at least 4 members (excludes halogenated alkanes) is 1. The van der Waals surface area contributed by atoms with Crippen LogP contribution in [0.4, 0.5) is 0 Å². The number of guanidine groups is 2. The minimum absolute atomic E-state index is 0.0260. The van der Waals surface area contributed by atoms with Crippen LogP contribution in [0.5, 0.6) is 0 Å². The van der Waals surface area contributed by atoms with E-state index in [1.54, 1.807) is 12.1 Å². The van der Waals surface area contributed by atoms with Gasteiger partial charge >= 0.3 is 0 Å². The summed E-state index contributed by atoms with van der Waals surface area (Å²) in [5, 5.41) is 4.11. The molecule has 0 spiro atoms. The van der Waals surface area contributed by atoms with Gasteiger partial charge in [0.2, 0.25) is 5.96 Å². The Morgan fingerprint density at radius 1 is 1.25 bits per heavy atom. The van der Waals surface area contributed by atoms with Gasteiger partial charge < -0.3 is 16.8 Å². The molecule has 20 heavy (non-hydrogen) atoms. The molecule has 0 fully saturated rings. The van der Waals surface area contributed by atoms with Crippen LogP contribution in [0.2, 0.25) is 10.0 Å². The van der Waals surface area contributed by atoms with Crippen LogP contribution in [0.3, 0.4) is 0 Å². The number of hydrogen-bond donors (Lipinski definition) is 3. The quantitative estimate of drug-likeness (QED) is 0.443. The molecular weight excluding hydrogens is 297 g/mol. The zero-order valence-electron chi connectivity index (χ0n) is 11.4. The Balaban J connectivity index is 2.74. The summed E-state index contributed by atoms with van der Waals surface area (Å²) in [6.07, 6.45) is 2.10. The minimum Gasteiger partial charge on any atom is -0.370 e. The lowest BCUT2D eigenvalue weighted by atomic mass is 10.2. The third-order valence-corrected chi connectivity index (χ3v) is 3.18. The molecule has 0 amide bonds. The van der Waals surface area contributed by atoms with Gasteiger partial charge in [-0.1, -0.05) is 42.6 Å². The summed E-state index contributed by atoms with van der Waals surface area (Å²) in [5.41, 5.74) is 11.7. The van der Waals surface area contributed by atoms with Crippen LogP contribution >= 0.6 is 23.2 Å². The lowest BCUT2D eigenvalue weighted by Gasteiger charge is -2.06. The molecule has 110 valence electrons. The molecular formula is C13H19Cl2N5. The van der Waals surface area contributed by atoms with Crippen molar-refractivity contribution in [1.29, 1.82) is 0 Å². The monoisotopic (exact) mass is 315 g/mol. The number of halogens is 2. The van der Waals surface area contributed by atoms with Gasteiger partial charge in [-0.25, -0.2) is 4.99 Å². The molecule has 0 atom stereocenters. The Morgan fingerprint density at radius 3 is 2.60 bits per heavy atom. The van der Waals surface area contributed by atoms with E-state index in [0.29, 0.717) is 22.5 Å². The highest BCUT2D eigenvalue weighted by Crippen LogP contribution is 2.22. The van der Waals surface area contributed by atoms with Crippen molar-refractivity contribution >= 4 is 35.1 Å². The van der Waals surface area contributed by atoms with Crippen LogP contribution < -0.4 is 16.8 Å². The molecule has 0 bridgehead atoms. The predicted molar refractivity (Wildman–Crippen MR) is 86.3 cm³/mol. The fraction of sp³-hybridized carbons (Fsp3) is 0.385. The molecule has 0 heterocycles. The summed E-state index contributed by atoms with van der Waals surface area (Å²) in [6.45, 7) is 3.30. The van der Waals surface area contributed by atoms with Gasteiger partial charge in [0.25, 0.3) is 0 Å². The Bertz CT molecular complexity index is 496. The average molecular weight is 316 g/mol. The molecule has 0 radical (unpaired) electrons. The lowest BCUT2D eigenvalue weighted by molar-refractivity contribution is 0.748. The van der Waals surface area contributed by atoms with Crippen molar-refractivity contribution in [3.8, 4) is 0 Å². The number of aliphatic imine (C=N–C) groups is 2. The van der Waals surface area contributed by atoms with Crippen molar-refractivity contribution in [3.05, 3.63) is 33.8 Å². The summed E-state index contributed by atoms with van der Waals surface area (Å²) in [4.78, 5) is 8.29. The zero-order chi connectivity index (χ0) is 15.0. The predicted octanol–water partition coefficient (Wildman–Crippen LogP) is 2.51. The molecule has 1 rings (SSSR count). The Hall–Kier alpha value is -1.46. The van der Waals surface area contributed by atoms with E-state index < -0.39 is 0 Å². The molecule has 5 N–H and O–H groups in total. The van der Waals surface area contributed by atoms with Crippen LogP contribution in [0.25, 0.3) is 0 Å². The van der Waals surface area contributed by atoms with E-state index in [9.17, 15) is 0 Å². The maximum absolute atomic E-state index is 5.95. The lowest BCUT2D eigenvalue weighted by Crippen LogP contribution is -2.30. The Kier molecular flexibility index (Phi) is 7.18. The van der Waals surface area contributed by atoms with Crippen LogP contribution in [-0.2, 0) is 6.54 Å². The summed E-state index contributed by atoms with van der Waals surface area (Å²) in [7, 11) is 0. The minimum atomic E-state index is -0.0260. The van der Waals surface area contributed by atoms with E-state index in [1.807, 2.05) is 6.07 Å². The van der Waals surface area contributed by atoms with E-state index in [0.717, 1.165) is 24.9 Å². The highest BCUT2D eigenvalue weighted by molar-refractivity contribution is 6.42. The second kappa shape index (κ2) is 8.66. The van der Waals surface area contributed by atoms with E-state index in [1.165, 1.54) is 0 Å². The number of nitrogens with zero attached hydrogens (tertiary/aromatic N) is 2.